The van der Waals surface area contributed by atoms with E-state index in [1.807, 2.05) is 18.5 Å². The average molecular weight is 226 g/mol. The molecule has 0 aliphatic carbocycles. The van der Waals surface area contributed by atoms with E-state index in [9.17, 15) is 4.79 Å². The van der Waals surface area contributed by atoms with Gasteiger partial charge in [-0.3, -0.25) is 9.48 Å². The molecule has 16 heavy (non-hydrogen) atoms. The normalized spacial score (nSPS) is 10.7. The third-order valence-electron chi connectivity index (χ3n) is 2.64. The van der Waals surface area contributed by atoms with Gasteiger partial charge >= 0.3 is 5.97 Å². The number of aryl methyl sites for hydroxylation is 2. The Balaban J connectivity index is 2.76. The molecule has 1 aromatic heterocycles. The summed E-state index contributed by atoms with van der Waals surface area (Å²) >= 11 is 0. The van der Waals surface area contributed by atoms with Gasteiger partial charge in [0.15, 0.2) is 0 Å². The van der Waals surface area contributed by atoms with Crippen LogP contribution in [0.25, 0.3) is 0 Å². The summed E-state index contributed by atoms with van der Waals surface area (Å²) in [4.78, 5) is 10.7. The zero-order valence-corrected chi connectivity index (χ0v) is 9.73. The predicted octanol–water partition coefficient (Wildman–Crippen LogP) is 0.900. The second-order valence-electron chi connectivity index (χ2n) is 3.87. The highest BCUT2D eigenvalue weighted by Gasteiger charge is 2.13. The summed E-state index contributed by atoms with van der Waals surface area (Å²) in [5.74, 6) is -0.832. The van der Waals surface area contributed by atoms with Gasteiger partial charge in [0.25, 0.3) is 0 Å². The van der Waals surface area contributed by atoms with Gasteiger partial charge in [-0.25, -0.2) is 0 Å². The van der Waals surface area contributed by atoms with Crippen molar-refractivity contribution in [2.45, 2.75) is 39.7 Å². The molecule has 0 saturated carbocycles. The average Bonchev–Trinajstić information content (AvgIpc) is 2.46. The minimum absolute atomic E-state index is 0.0255. The van der Waals surface area contributed by atoms with Gasteiger partial charge in [-0.2, -0.15) is 5.10 Å². The molecule has 5 heteroatoms. The quantitative estimate of drug-likeness (QED) is 0.707. The van der Waals surface area contributed by atoms with Crippen LogP contribution in [0.1, 0.15) is 29.8 Å². The van der Waals surface area contributed by atoms with Crippen molar-refractivity contribution in [3.05, 3.63) is 17.0 Å². The van der Waals surface area contributed by atoms with E-state index < -0.39 is 5.97 Å². The zero-order chi connectivity index (χ0) is 12.1. The van der Waals surface area contributed by atoms with Gasteiger partial charge < -0.3 is 10.2 Å². The molecule has 0 fully saturated rings. The number of nitrogens with zero attached hydrogens (tertiary/aromatic N) is 2. The number of hydrogen-bond donors (Lipinski definition) is 2. The van der Waals surface area contributed by atoms with Crippen LogP contribution in [0.2, 0.25) is 0 Å². The van der Waals surface area contributed by atoms with E-state index in [0.29, 0.717) is 0 Å². The fourth-order valence-electron chi connectivity index (χ4n) is 1.73. The third-order valence-corrected chi connectivity index (χ3v) is 2.64. The SMILES string of the molecule is Cc1nn(CCCCO)c(C)c1CC(=O)O. The fourth-order valence-corrected chi connectivity index (χ4v) is 1.73. The summed E-state index contributed by atoms with van der Waals surface area (Å²) in [6, 6.07) is 0. The summed E-state index contributed by atoms with van der Waals surface area (Å²) in [6.45, 7) is 4.62. The Hall–Kier alpha value is -1.36. The number of rotatable bonds is 6. The van der Waals surface area contributed by atoms with E-state index in [2.05, 4.69) is 5.10 Å². The molecule has 0 unspecified atom stereocenters. The summed E-state index contributed by atoms with van der Waals surface area (Å²) in [7, 11) is 0. The van der Waals surface area contributed by atoms with Crippen molar-refractivity contribution in [2.24, 2.45) is 0 Å². The third kappa shape index (κ3) is 3.06. The van der Waals surface area contributed by atoms with Crippen LogP contribution in [0.4, 0.5) is 0 Å². The van der Waals surface area contributed by atoms with Crippen molar-refractivity contribution in [3.8, 4) is 0 Å². The fraction of sp³-hybridized carbons (Fsp3) is 0.636. The smallest absolute Gasteiger partial charge is 0.307 e. The number of carboxylic acids is 1. The Morgan fingerprint density at radius 2 is 2.06 bits per heavy atom. The number of aliphatic hydroxyl groups is 1. The maximum absolute atomic E-state index is 10.7. The zero-order valence-electron chi connectivity index (χ0n) is 9.73. The number of hydrogen-bond acceptors (Lipinski definition) is 3. The van der Waals surface area contributed by atoms with Gasteiger partial charge in [0, 0.05) is 24.4 Å². The van der Waals surface area contributed by atoms with E-state index in [0.717, 1.165) is 36.3 Å². The minimum Gasteiger partial charge on any atom is -0.481 e. The molecule has 1 rings (SSSR count). The topological polar surface area (TPSA) is 75.3 Å². The van der Waals surface area contributed by atoms with Gasteiger partial charge in [0.2, 0.25) is 0 Å². The van der Waals surface area contributed by atoms with E-state index >= 15 is 0 Å². The Morgan fingerprint density at radius 1 is 1.38 bits per heavy atom. The maximum atomic E-state index is 10.7. The van der Waals surface area contributed by atoms with Crippen LogP contribution in [-0.2, 0) is 17.8 Å². The van der Waals surface area contributed by atoms with Crippen molar-refractivity contribution >= 4 is 5.97 Å². The van der Waals surface area contributed by atoms with Gasteiger partial charge in [-0.1, -0.05) is 0 Å². The standard InChI is InChI=1S/C11H18N2O3/c1-8-10(7-11(15)16)9(2)13(12-8)5-3-4-6-14/h14H,3-7H2,1-2H3,(H,15,16). The van der Waals surface area contributed by atoms with Gasteiger partial charge in [-0.15, -0.1) is 0 Å². The molecule has 1 aromatic rings. The highest BCUT2D eigenvalue weighted by Crippen LogP contribution is 2.14. The molecule has 0 amide bonds. The molecule has 0 aliphatic rings. The molecule has 1 heterocycles. The molecular formula is C11H18N2O3. The van der Waals surface area contributed by atoms with Gasteiger partial charge in [-0.05, 0) is 26.7 Å². The second-order valence-corrected chi connectivity index (χ2v) is 3.87. The van der Waals surface area contributed by atoms with Crippen LogP contribution in [0.15, 0.2) is 0 Å². The van der Waals surface area contributed by atoms with Gasteiger partial charge in [0.1, 0.15) is 0 Å². The van der Waals surface area contributed by atoms with E-state index in [1.54, 1.807) is 0 Å². The van der Waals surface area contributed by atoms with E-state index in [1.165, 1.54) is 0 Å². The molecule has 0 aromatic carbocycles. The van der Waals surface area contributed by atoms with Crippen LogP contribution >= 0.6 is 0 Å². The summed E-state index contributed by atoms with van der Waals surface area (Å²) in [5.41, 5.74) is 2.50. The number of aromatic nitrogens is 2. The van der Waals surface area contributed by atoms with Crippen molar-refractivity contribution in [2.75, 3.05) is 6.61 Å². The van der Waals surface area contributed by atoms with Gasteiger partial charge in [0.05, 0.1) is 12.1 Å². The first-order valence-corrected chi connectivity index (χ1v) is 5.41. The second kappa shape index (κ2) is 5.65. The molecular weight excluding hydrogens is 208 g/mol. The van der Waals surface area contributed by atoms with E-state index in [-0.39, 0.29) is 13.0 Å². The Labute approximate surface area is 94.7 Å². The Bertz CT molecular complexity index is 372. The van der Waals surface area contributed by atoms with Crippen molar-refractivity contribution in [1.29, 1.82) is 0 Å². The van der Waals surface area contributed by atoms with Crippen LogP contribution < -0.4 is 0 Å². The Kier molecular flexibility index (Phi) is 4.49. The summed E-state index contributed by atoms with van der Waals surface area (Å²) in [5, 5.41) is 21.8. The number of aliphatic hydroxyl groups excluding tert-OH is 1. The van der Waals surface area contributed by atoms with Crippen LogP contribution in [0.3, 0.4) is 0 Å². The van der Waals surface area contributed by atoms with Crippen LogP contribution in [-0.4, -0.2) is 32.6 Å². The number of carbonyl (C=O) groups is 1. The van der Waals surface area contributed by atoms with E-state index in [4.69, 9.17) is 10.2 Å². The molecule has 0 aliphatic heterocycles. The molecule has 0 spiro atoms. The molecule has 0 atom stereocenters. The Morgan fingerprint density at radius 3 is 2.62 bits per heavy atom. The highest BCUT2D eigenvalue weighted by atomic mass is 16.4. The molecule has 5 nitrogen and oxygen atoms in total. The number of aliphatic carboxylic acids is 1. The van der Waals surface area contributed by atoms with Crippen molar-refractivity contribution < 1.29 is 15.0 Å². The van der Waals surface area contributed by atoms with Crippen LogP contribution in [0, 0.1) is 13.8 Å². The lowest BCUT2D eigenvalue weighted by atomic mass is 10.1. The molecule has 90 valence electrons. The number of carboxylic acid groups (broad SMARTS) is 1. The number of unbranched alkanes of at least 4 members (excludes halogenated alkanes) is 1. The first kappa shape index (κ1) is 12.7. The lowest BCUT2D eigenvalue weighted by molar-refractivity contribution is -0.136. The maximum Gasteiger partial charge on any atom is 0.307 e. The lowest BCUT2D eigenvalue weighted by Gasteiger charge is -2.03. The molecule has 2 N–H and O–H groups in total. The lowest BCUT2D eigenvalue weighted by Crippen LogP contribution is -2.05. The van der Waals surface area contributed by atoms with Crippen molar-refractivity contribution in [1.82, 2.24) is 9.78 Å². The summed E-state index contributed by atoms with van der Waals surface area (Å²) in [6.07, 6.45) is 1.62. The molecule has 0 radical (unpaired) electrons. The molecule has 0 bridgehead atoms. The first-order chi connectivity index (χ1) is 7.56. The van der Waals surface area contributed by atoms with Crippen molar-refractivity contribution in [3.63, 3.8) is 0 Å². The largest absolute Gasteiger partial charge is 0.481 e. The first-order valence-electron chi connectivity index (χ1n) is 5.41. The minimum atomic E-state index is -0.832. The molecule has 0 saturated heterocycles. The monoisotopic (exact) mass is 226 g/mol. The summed E-state index contributed by atoms with van der Waals surface area (Å²) < 4.78 is 1.82. The highest BCUT2D eigenvalue weighted by molar-refractivity contribution is 5.70. The predicted molar refractivity (Wildman–Crippen MR) is 59.4 cm³/mol. The van der Waals surface area contributed by atoms with Crippen LogP contribution in [0.5, 0.6) is 0 Å².